The van der Waals surface area contributed by atoms with Gasteiger partial charge in [0.15, 0.2) is 5.78 Å². The predicted molar refractivity (Wildman–Crippen MR) is 91.1 cm³/mol. The number of carbonyl (C=O) groups excluding carboxylic acids is 1. The molecule has 0 saturated carbocycles. The van der Waals surface area contributed by atoms with Crippen molar-refractivity contribution < 1.29 is 9.53 Å². The Labute approximate surface area is 134 Å². The van der Waals surface area contributed by atoms with Gasteiger partial charge in [0.2, 0.25) is 0 Å². The molecule has 3 nitrogen and oxygen atoms in total. The second-order valence-corrected chi connectivity index (χ2v) is 6.36. The Bertz CT molecular complexity index is 534. The van der Waals surface area contributed by atoms with Crippen molar-refractivity contribution in [2.75, 3.05) is 26.2 Å². The van der Waals surface area contributed by atoms with E-state index in [2.05, 4.69) is 25.7 Å². The number of hydrogen-bond donors (Lipinski definition) is 0. The van der Waals surface area contributed by atoms with E-state index >= 15 is 0 Å². The van der Waals surface area contributed by atoms with E-state index in [1.165, 1.54) is 0 Å². The molecular formula is C19H27NO2. The molecule has 0 unspecified atom stereocenters. The quantitative estimate of drug-likeness (QED) is 0.749. The molecule has 3 heteroatoms. The smallest absolute Gasteiger partial charge is 0.161 e. The Morgan fingerprint density at radius 2 is 2.09 bits per heavy atom. The number of Topliss-reactive ketones (excluding diaryl/α,β-unsaturated/α-hetero) is 1. The van der Waals surface area contributed by atoms with Crippen molar-refractivity contribution in [3.8, 4) is 5.75 Å². The number of ketones is 1. The van der Waals surface area contributed by atoms with Crippen molar-refractivity contribution in [2.24, 2.45) is 5.92 Å². The standard InChI is InChI=1S/C19H27NO2/c1-4-10-20-11-9-18(21)17(13-20)12-16-7-5-6-8-19(16)22-14-15(2)3/h5-8,12,15H,4,9-11,13-14H2,1-3H3/b17-12+. The number of rotatable bonds is 6. The number of ether oxygens (including phenoxy) is 1. The van der Waals surface area contributed by atoms with Gasteiger partial charge in [-0.1, -0.05) is 39.0 Å². The van der Waals surface area contributed by atoms with E-state index in [9.17, 15) is 4.79 Å². The molecular weight excluding hydrogens is 274 g/mol. The van der Waals surface area contributed by atoms with E-state index in [-0.39, 0.29) is 5.78 Å². The Morgan fingerprint density at radius 3 is 2.82 bits per heavy atom. The van der Waals surface area contributed by atoms with Crippen LogP contribution in [0.2, 0.25) is 0 Å². The highest BCUT2D eigenvalue weighted by molar-refractivity contribution is 6.01. The lowest BCUT2D eigenvalue weighted by atomic mass is 10.00. The highest BCUT2D eigenvalue weighted by Crippen LogP contribution is 2.24. The molecule has 0 amide bonds. The minimum atomic E-state index is 0.269. The SMILES string of the molecule is CCCN1CCC(=O)/C(=C/c2ccccc2OCC(C)C)C1. The number of carbonyl (C=O) groups is 1. The zero-order chi connectivity index (χ0) is 15.9. The van der Waals surface area contributed by atoms with Crippen LogP contribution in [0.15, 0.2) is 29.8 Å². The van der Waals surface area contributed by atoms with Crippen molar-refractivity contribution in [3.05, 3.63) is 35.4 Å². The van der Waals surface area contributed by atoms with Crippen molar-refractivity contribution >= 4 is 11.9 Å². The van der Waals surface area contributed by atoms with E-state index in [4.69, 9.17) is 4.74 Å². The van der Waals surface area contributed by atoms with Crippen molar-refractivity contribution in [3.63, 3.8) is 0 Å². The number of benzene rings is 1. The summed E-state index contributed by atoms with van der Waals surface area (Å²) in [6, 6.07) is 7.97. The van der Waals surface area contributed by atoms with E-state index < -0.39 is 0 Å². The maximum absolute atomic E-state index is 12.2. The normalized spacial score (nSPS) is 18.2. The lowest BCUT2D eigenvalue weighted by Gasteiger charge is -2.27. The fraction of sp³-hybridized carbons (Fsp3) is 0.526. The van der Waals surface area contributed by atoms with Gasteiger partial charge in [0.05, 0.1) is 6.61 Å². The average molecular weight is 301 g/mol. The van der Waals surface area contributed by atoms with Crippen LogP contribution in [-0.4, -0.2) is 36.9 Å². The molecule has 0 radical (unpaired) electrons. The zero-order valence-corrected chi connectivity index (χ0v) is 14.0. The number of likely N-dealkylation sites (tertiary alicyclic amines) is 1. The summed E-state index contributed by atoms with van der Waals surface area (Å²) in [5.74, 6) is 1.62. The second kappa shape index (κ2) is 8.14. The number of piperidine rings is 1. The van der Waals surface area contributed by atoms with Crippen LogP contribution in [0.25, 0.3) is 6.08 Å². The summed E-state index contributed by atoms with van der Waals surface area (Å²) in [4.78, 5) is 14.5. The van der Waals surface area contributed by atoms with Crippen molar-refractivity contribution in [2.45, 2.75) is 33.6 Å². The fourth-order valence-corrected chi connectivity index (χ4v) is 2.64. The Hall–Kier alpha value is -1.61. The number of hydrogen-bond acceptors (Lipinski definition) is 3. The molecule has 1 aliphatic rings. The monoisotopic (exact) mass is 301 g/mol. The molecule has 1 aromatic rings. The van der Waals surface area contributed by atoms with Crippen molar-refractivity contribution in [1.82, 2.24) is 4.90 Å². The van der Waals surface area contributed by atoms with E-state index in [1.807, 2.05) is 30.3 Å². The van der Waals surface area contributed by atoms with Crippen molar-refractivity contribution in [1.29, 1.82) is 0 Å². The predicted octanol–water partition coefficient (Wildman–Crippen LogP) is 3.79. The van der Waals surface area contributed by atoms with Crippen LogP contribution < -0.4 is 4.74 Å². The van der Waals surface area contributed by atoms with E-state index in [1.54, 1.807) is 0 Å². The van der Waals surface area contributed by atoms with Gasteiger partial charge in [-0.2, -0.15) is 0 Å². The van der Waals surface area contributed by atoms with Gasteiger partial charge in [0.25, 0.3) is 0 Å². The molecule has 0 aromatic heterocycles. The Morgan fingerprint density at radius 1 is 1.32 bits per heavy atom. The second-order valence-electron chi connectivity index (χ2n) is 6.36. The third-order valence-corrected chi connectivity index (χ3v) is 3.77. The molecule has 1 aliphatic heterocycles. The number of nitrogens with zero attached hydrogens (tertiary/aromatic N) is 1. The van der Waals surface area contributed by atoms with E-state index in [0.717, 1.165) is 42.9 Å². The molecule has 120 valence electrons. The first-order valence-electron chi connectivity index (χ1n) is 8.28. The molecule has 0 spiro atoms. The molecule has 0 bridgehead atoms. The molecule has 1 fully saturated rings. The molecule has 0 N–H and O–H groups in total. The molecule has 1 saturated heterocycles. The van der Waals surface area contributed by atoms with Crippen LogP contribution in [0.4, 0.5) is 0 Å². The Balaban J connectivity index is 2.17. The molecule has 1 heterocycles. The highest BCUT2D eigenvalue weighted by atomic mass is 16.5. The topological polar surface area (TPSA) is 29.5 Å². The lowest BCUT2D eigenvalue weighted by molar-refractivity contribution is -0.117. The Kier molecular flexibility index (Phi) is 6.20. The van der Waals surface area contributed by atoms with Gasteiger partial charge in [-0.3, -0.25) is 9.69 Å². The average Bonchev–Trinajstić information content (AvgIpc) is 2.50. The number of para-hydroxylation sites is 1. The summed E-state index contributed by atoms with van der Waals surface area (Å²) in [5.41, 5.74) is 1.91. The van der Waals surface area contributed by atoms with Crippen LogP contribution in [0.1, 0.15) is 39.2 Å². The minimum Gasteiger partial charge on any atom is -0.493 e. The molecule has 2 rings (SSSR count). The van der Waals surface area contributed by atoms with Crippen LogP contribution in [0.5, 0.6) is 5.75 Å². The van der Waals surface area contributed by atoms with Gasteiger partial charge < -0.3 is 4.74 Å². The van der Waals surface area contributed by atoms with Gasteiger partial charge >= 0.3 is 0 Å². The summed E-state index contributed by atoms with van der Waals surface area (Å²) in [6.45, 7) is 9.82. The van der Waals surface area contributed by atoms with Crippen LogP contribution >= 0.6 is 0 Å². The summed E-state index contributed by atoms with van der Waals surface area (Å²) in [5, 5.41) is 0. The van der Waals surface area contributed by atoms with Crippen LogP contribution in [0, 0.1) is 5.92 Å². The molecule has 0 aliphatic carbocycles. The minimum absolute atomic E-state index is 0.269. The highest BCUT2D eigenvalue weighted by Gasteiger charge is 2.21. The third kappa shape index (κ3) is 4.70. The molecule has 1 aromatic carbocycles. The third-order valence-electron chi connectivity index (χ3n) is 3.77. The van der Waals surface area contributed by atoms with E-state index in [0.29, 0.717) is 18.9 Å². The first-order chi connectivity index (χ1) is 10.6. The summed E-state index contributed by atoms with van der Waals surface area (Å²) in [7, 11) is 0. The summed E-state index contributed by atoms with van der Waals surface area (Å²) >= 11 is 0. The summed E-state index contributed by atoms with van der Waals surface area (Å²) < 4.78 is 5.88. The van der Waals surface area contributed by atoms with Gasteiger partial charge in [-0.25, -0.2) is 0 Å². The molecule has 22 heavy (non-hydrogen) atoms. The fourth-order valence-electron chi connectivity index (χ4n) is 2.64. The maximum atomic E-state index is 12.2. The molecule has 0 atom stereocenters. The first-order valence-corrected chi connectivity index (χ1v) is 8.28. The van der Waals surface area contributed by atoms with Crippen LogP contribution in [0.3, 0.4) is 0 Å². The zero-order valence-electron chi connectivity index (χ0n) is 14.0. The summed E-state index contributed by atoms with van der Waals surface area (Å²) in [6.07, 6.45) is 3.76. The lowest BCUT2D eigenvalue weighted by Crippen LogP contribution is -2.36. The van der Waals surface area contributed by atoms with Gasteiger partial charge in [0, 0.05) is 30.6 Å². The maximum Gasteiger partial charge on any atom is 0.161 e. The largest absolute Gasteiger partial charge is 0.493 e. The van der Waals surface area contributed by atoms with Gasteiger partial charge in [-0.05, 0) is 31.0 Å². The van der Waals surface area contributed by atoms with Gasteiger partial charge in [0.1, 0.15) is 5.75 Å². The van der Waals surface area contributed by atoms with Gasteiger partial charge in [-0.15, -0.1) is 0 Å². The first kappa shape index (κ1) is 16.8. The van der Waals surface area contributed by atoms with Crippen LogP contribution in [-0.2, 0) is 4.79 Å².